The van der Waals surface area contributed by atoms with Gasteiger partial charge in [0.2, 0.25) is 5.95 Å². The van der Waals surface area contributed by atoms with Gasteiger partial charge in [-0.05, 0) is 72.5 Å². The zero-order valence-electron chi connectivity index (χ0n) is 39.3. The molecule has 1 aliphatic rings. The van der Waals surface area contributed by atoms with Gasteiger partial charge in [0.1, 0.15) is 17.5 Å². The highest BCUT2D eigenvalue weighted by atomic mass is 15.1. The van der Waals surface area contributed by atoms with Crippen LogP contribution in [0.25, 0.3) is 32.3 Å². The predicted octanol–water partition coefficient (Wildman–Crippen LogP) is 14.3. The number of benzene rings is 8. The molecule has 0 spiro atoms. The Morgan fingerprint density at radius 1 is 0.391 bits per heavy atom. The summed E-state index contributed by atoms with van der Waals surface area (Å²) in [7, 11) is 0. The normalized spacial score (nSPS) is 16.7. The van der Waals surface area contributed by atoms with Crippen LogP contribution in [0, 0.1) is 5.92 Å². The monoisotopic (exact) mass is 899 g/mol. The van der Waals surface area contributed by atoms with Crippen molar-refractivity contribution < 1.29 is 0 Å². The molecule has 11 rings (SSSR count). The highest BCUT2D eigenvalue weighted by Crippen LogP contribution is 2.66. The summed E-state index contributed by atoms with van der Waals surface area (Å²) in [5, 5.41) is 18.6. The van der Waals surface area contributed by atoms with Crippen molar-refractivity contribution in [2.24, 2.45) is 5.92 Å². The third-order valence-corrected chi connectivity index (χ3v) is 14.0. The Morgan fingerprint density at radius 2 is 0.826 bits per heavy atom. The molecule has 69 heavy (non-hydrogen) atoms. The summed E-state index contributed by atoms with van der Waals surface area (Å²) >= 11 is 0. The van der Waals surface area contributed by atoms with Gasteiger partial charge in [-0.25, -0.2) is 15.0 Å². The lowest BCUT2D eigenvalue weighted by molar-refractivity contribution is 0.219. The zero-order chi connectivity index (χ0) is 46.5. The molecule has 2 atom stereocenters. The maximum absolute atomic E-state index is 5.60. The number of hydrogen-bond acceptors (Lipinski definition) is 7. The molecule has 0 saturated heterocycles. The van der Waals surface area contributed by atoms with Crippen LogP contribution in [0.2, 0.25) is 0 Å². The van der Waals surface area contributed by atoms with Gasteiger partial charge in [-0.1, -0.05) is 202 Å². The molecular weight excluding hydrogens is 843 g/mol. The van der Waals surface area contributed by atoms with E-state index in [1.165, 1.54) is 60.1 Å². The molecule has 340 valence electrons. The first-order valence-electron chi connectivity index (χ1n) is 24.5. The average molecular weight is 900 g/mol. The second-order valence-electron chi connectivity index (χ2n) is 18.9. The molecule has 0 amide bonds. The fraction of sp³-hybridized carbons (Fsp3) is 0.194. The largest absolute Gasteiger partial charge is 0.366 e. The van der Waals surface area contributed by atoms with E-state index in [1.807, 2.05) is 0 Å². The summed E-state index contributed by atoms with van der Waals surface area (Å²) in [6.07, 6.45) is 1.53. The molecule has 3 N–H and O–H groups in total. The Kier molecular flexibility index (Phi) is 12.5. The molecule has 0 aliphatic heterocycles. The van der Waals surface area contributed by atoms with Gasteiger partial charge in [0.25, 0.3) is 0 Å². The van der Waals surface area contributed by atoms with Crippen molar-refractivity contribution in [2.75, 3.05) is 22.5 Å². The first kappa shape index (κ1) is 43.7. The number of nitrogens with one attached hydrogen (secondary N) is 3. The van der Waals surface area contributed by atoms with Crippen LogP contribution in [0.15, 0.2) is 200 Å². The van der Waals surface area contributed by atoms with E-state index in [-0.39, 0.29) is 23.7 Å². The van der Waals surface area contributed by atoms with Crippen LogP contribution in [-0.4, -0.2) is 26.5 Å². The fourth-order valence-corrected chi connectivity index (χ4v) is 10.7. The summed E-state index contributed by atoms with van der Waals surface area (Å²) in [6, 6.07) is 71.9. The average Bonchev–Trinajstić information content (AvgIpc) is 3.39. The Bertz CT molecular complexity index is 3210. The summed E-state index contributed by atoms with van der Waals surface area (Å²) in [5.74, 6) is 3.69. The molecule has 2 aromatic heterocycles. The summed E-state index contributed by atoms with van der Waals surface area (Å²) < 4.78 is 0. The van der Waals surface area contributed by atoms with Crippen molar-refractivity contribution in [3.8, 4) is 0 Å². The van der Waals surface area contributed by atoms with Crippen LogP contribution in [0.3, 0.4) is 0 Å². The van der Waals surface area contributed by atoms with Crippen molar-refractivity contribution >= 4 is 49.9 Å². The number of rotatable bonds is 16. The van der Waals surface area contributed by atoms with Gasteiger partial charge in [-0.15, -0.1) is 0 Å². The number of anilines is 3. The van der Waals surface area contributed by atoms with E-state index in [0.29, 0.717) is 31.4 Å². The number of nitrogens with zero attached hydrogens (tertiary/aromatic N) is 4. The molecule has 10 aromatic rings. The van der Waals surface area contributed by atoms with Crippen molar-refractivity contribution in [3.63, 3.8) is 0 Å². The lowest BCUT2D eigenvalue weighted by Gasteiger charge is -2.52. The highest BCUT2D eigenvalue weighted by molar-refractivity contribution is 5.87. The molecule has 1 fully saturated rings. The maximum Gasteiger partial charge on any atom is 0.224 e. The van der Waals surface area contributed by atoms with Crippen LogP contribution in [0.5, 0.6) is 0 Å². The third-order valence-electron chi connectivity index (χ3n) is 14.0. The van der Waals surface area contributed by atoms with Crippen molar-refractivity contribution in [2.45, 2.75) is 63.5 Å². The minimum absolute atomic E-state index is 0.0155. The van der Waals surface area contributed by atoms with Gasteiger partial charge in [0.05, 0.1) is 11.4 Å². The van der Waals surface area contributed by atoms with E-state index < -0.39 is 0 Å². The molecule has 1 aliphatic carbocycles. The highest BCUT2D eigenvalue weighted by Gasteiger charge is 2.54. The van der Waals surface area contributed by atoms with Gasteiger partial charge in [-0.2, -0.15) is 4.98 Å². The molecule has 0 unspecified atom stereocenters. The minimum atomic E-state index is 0.0155. The van der Waals surface area contributed by atoms with E-state index in [0.717, 1.165) is 41.8 Å². The predicted molar refractivity (Wildman–Crippen MR) is 285 cm³/mol. The minimum Gasteiger partial charge on any atom is -0.366 e. The fourth-order valence-electron chi connectivity index (χ4n) is 10.7. The maximum atomic E-state index is 5.60. The first-order chi connectivity index (χ1) is 34.0. The SMILES string of the molecule is CC(C)CNc1nc(NCc2cccc3ccccc23)cc(C2[C@H](c3ccccc3)C(c3cc(NCc4cccc5ccccc45)nc(CCc4cccc5ccccc45)n3)[C@H]2c2ccccc2)n1. The second-order valence-corrected chi connectivity index (χ2v) is 18.9. The lowest BCUT2D eigenvalue weighted by atomic mass is 9.50. The zero-order valence-corrected chi connectivity index (χ0v) is 39.3. The molecule has 7 heteroatoms. The van der Waals surface area contributed by atoms with Gasteiger partial charge >= 0.3 is 0 Å². The smallest absolute Gasteiger partial charge is 0.224 e. The Balaban J connectivity index is 1.01. The topological polar surface area (TPSA) is 87.7 Å². The van der Waals surface area contributed by atoms with Gasteiger partial charge in [0.15, 0.2) is 0 Å². The van der Waals surface area contributed by atoms with Gasteiger partial charge < -0.3 is 16.0 Å². The van der Waals surface area contributed by atoms with Crippen molar-refractivity contribution in [1.29, 1.82) is 0 Å². The van der Waals surface area contributed by atoms with Gasteiger partial charge in [-0.3, -0.25) is 0 Å². The van der Waals surface area contributed by atoms with Crippen LogP contribution >= 0.6 is 0 Å². The lowest BCUT2D eigenvalue weighted by Crippen LogP contribution is -2.41. The molecule has 2 heterocycles. The van der Waals surface area contributed by atoms with Crippen LogP contribution in [-0.2, 0) is 25.9 Å². The molecule has 0 radical (unpaired) electrons. The first-order valence-corrected chi connectivity index (χ1v) is 24.5. The van der Waals surface area contributed by atoms with Crippen LogP contribution in [0.4, 0.5) is 17.6 Å². The molecule has 8 aromatic carbocycles. The van der Waals surface area contributed by atoms with Gasteiger partial charge in [0, 0.05) is 61.9 Å². The Hall–Kier alpha value is -7.90. The van der Waals surface area contributed by atoms with E-state index in [2.05, 4.69) is 230 Å². The molecule has 7 nitrogen and oxygen atoms in total. The summed E-state index contributed by atoms with van der Waals surface area (Å²) in [5.41, 5.74) is 8.34. The van der Waals surface area contributed by atoms with Crippen molar-refractivity contribution in [1.82, 2.24) is 19.9 Å². The standard InChI is InChI=1S/C62H57N7/c1-41(2)38-65-62-67-54(37-57(69-62)64-40-49-30-17-27-44-20-11-14-33-52(44)49)61-58(46-21-5-3-6-22-46)60(59(61)47-23-7-4-8-24-47)53-36-56(63-39-48-29-16-26-43-19-10-13-32-51(43)48)68-55(66-53)35-34-45-28-15-25-42-18-9-12-31-50(42)45/h3-33,36-37,41,58-61H,34-35,38-40H2,1-2H3,(H,63,66,68)(H2,64,65,67,69)/t58-,59-,60?,61?/m1/s1. The Morgan fingerprint density at radius 3 is 1.35 bits per heavy atom. The van der Waals surface area contributed by atoms with Crippen molar-refractivity contribution in [3.05, 3.63) is 245 Å². The molecule has 0 bridgehead atoms. The van der Waals surface area contributed by atoms with E-state index in [1.54, 1.807) is 0 Å². The van der Waals surface area contributed by atoms with Crippen LogP contribution in [0.1, 0.15) is 82.5 Å². The number of fused-ring (bicyclic) bond motifs is 3. The van der Waals surface area contributed by atoms with E-state index >= 15 is 0 Å². The van der Waals surface area contributed by atoms with Crippen LogP contribution < -0.4 is 16.0 Å². The summed E-state index contributed by atoms with van der Waals surface area (Å²) in [4.78, 5) is 21.4. The molecular formula is C62H57N7. The molecule has 1 saturated carbocycles. The quantitative estimate of drug-likeness (QED) is 0.0890. The summed E-state index contributed by atoms with van der Waals surface area (Å²) in [6.45, 7) is 6.47. The second kappa shape index (κ2) is 19.7. The number of hydrogen-bond donors (Lipinski definition) is 3. The van der Waals surface area contributed by atoms with E-state index in [4.69, 9.17) is 19.9 Å². The van der Waals surface area contributed by atoms with E-state index in [9.17, 15) is 0 Å². The third kappa shape index (κ3) is 9.38. The number of aryl methyl sites for hydroxylation is 2. The Labute approximate surface area is 405 Å². The number of aromatic nitrogens is 4.